The predicted octanol–water partition coefficient (Wildman–Crippen LogP) is 1.79. The summed E-state index contributed by atoms with van der Waals surface area (Å²) in [5.41, 5.74) is 0.729. The van der Waals surface area contributed by atoms with E-state index in [0.29, 0.717) is 0 Å². The molecule has 1 atom stereocenters. The van der Waals surface area contributed by atoms with Gasteiger partial charge < -0.3 is 10.0 Å². The summed E-state index contributed by atoms with van der Waals surface area (Å²) in [6.07, 6.45) is 1.34. The Labute approximate surface area is 95.5 Å². The molecule has 15 heavy (non-hydrogen) atoms. The zero-order chi connectivity index (χ0) is 11.3. The summed E-state index contributed by atoms with van der Waals surface area (Å²) < 4.78 is 0. The monoisotopic (exact) mass is 226 g/mol. The van der Waals surface area contributed by atoms with Crippen molar-refractivity contribution >= 4 is 11.8 Å². The van der Waals surface area contributed by atoms with Crippen LogP contribution in [0, 0.1) is 0 Å². The van der Waals surface area contributed by atoms with Gasteiger partial charge in [0.1, 0.15) is 0 Å². The quantitative estimate of drug-likeness (QED) is 0.777. The van der Waals surface area contributed by atoms with E-state index in [1.54, 1.807) is 18.7 Å². The Morgan fingerprint density at radius 2 is 2.20 bits per heavy atom. The topological polar surface area (TPSA) is 36.4 Å². The van der Waals surface area contributed by atoms with Crippen molar-refractivity contribution < 1.29 is 5.11 Å². The molecule has 0 spiro atoms. The summed E-state index contributed by atoms with van der Waals surface area (Å²) in [6, 6.07) is 3.89. The molecule has 1 heterocycles. The van der Waals surface area contributed by atoms with Crippen LogP contribution in [0.25, 0.3) is 0 Å². The average molecular weight is 226 g/mol. The van der Waals surface area contributed by atoms with Crippen molar-refractivity contribution in [2.45, 2.75) is 17.9 Å². The highest BCUT2D eigenvalue weighted by atomic mass is 32.2. The minimum atomic E-state index is -0.481. The van der Waals surface area contributed by atoms with Crippen LogP contribution in [0.4, 0.5) is 0 Å². The van der Waals surface area contributed by atoms with E-state index in [4.69, 9.17) is 0 Å². The number of thioether (sulfide) groups is 1. The number of aliphatic hydroxyl groups excluding tert-OH is 1. The highest BCUT2D eigenvalue weighted by molar-refractivity contribution is 7.99. The molecule has 1 aromatic rings. The van der Waals surface area contributed by atoms with Crippen LogP contribution in [0.2, 0.25) is 0 Å². The van der Waals surface area contributed by atoms with Crippen LogP contribution in [0.3, 0.4) is 0 Å². The van der Waals surface area contributed by atoms with Gasteiger partial charge in [-0.3, -0.25) is 4.98 Å². The van der Waals surface area contributed by atoms with Gasteiger partial charge in [0, 0.05) is 23.4 Å². The molecule has 0 saturated heterocycles. The fourth-order valence-electron chi connectivity index (χ4n) is 1.07. The van der Waals surface area contributed by atoms with E-state index in [-0.39, 0.29) is 0 Å². The lowest BCUT2D eigenvalue weighted by Gasteiger charge is -2.09. The number of aromatic nitrogens is 1. The molecule has 0 amide bonds. The normalized spacial score (nSPS) is 13.1. The van der Waals surface area contributed by atoms with Gasteiger partial charge in [0.25, 0.3) is 0 Å². The first-order valence-corrected chi connectivity index (χ1v) is 5.99. The third-order valence-electron chi connectivity index (χ3n) is 1.99. The molecule has 0 saturated carbocycles. The zero-order valence-corrected chi connectivity index (χ0v) is 10.3. The maximum Gasteiger partial charge on any atom is 0.0931 e. The van der Waals surface area contributed by atoms with Gasteiger partial charge in [-0.05, 0) is 33.2 Å². The van der Waals surface area contributed by atoms with Gasteiger partial charge in [-0.15, -0.1) is 11.8 Å². The molecule has 0 aromatic carbocycles. The fraction of sp³-hybridized carbons (Fsp3) is 0.545. The molecule has 0 bridgehead atoms. The van der Waals surface area contributed by atoms with Gasteiger partial charge in [-0.2, -0.15) is 0 Å². The van der Waals surface area contributed by atoms with Crippen molar-refractivity contribution in [3.63, 3.8) is 0 Å². The van der Waals surface area contributed by atoms with Crippen LogP contribution in [-0.2, 0) is 0 Å². The highest BCUT2D eigenvalue weighted by Gasteiger charge is 2.02. The van der Waals surface area contributed by atoms with Gasteiger partial charge in [-0.25, -0.2) is 0 Å². The third-order valence-corrected chi connectivity index (χ3v) is 2.96. The van der Waals surface area contributed by atoms with E-state index in [1.807, 2.05) is 18.3 Å². The summed E-state index contributed by atoms with van der Waals surface area (Å²) in [6.45, 7) is 2.78. The van der Waals surface area contributed by atoms with E-state index in [9.17, 15) is 5.11 Å². The van der Waals surface area contributed by atoms with Crippen molar-refractivity contribution in [2.24, 2.45) is 0 Å². The largest absolute Gasteiger partial charge is 0.387 e. The lowest BCUT2D eigenvalue weighted by atomic mass is 10.2. The lowest BCUT2D eigenvalue weighted by Crippen LogP contribution is -2.14. The summed E-state index contributed by atoms with van der Waals surface area (Å²) in [4.78, 5) is 7.50. The van der Waals surface area contributed by atoms with Gasteiger partial charge in [0.2, 0.25) is 0 Å². The zero-order valence-electron chi connectivity index (χ0n) is 9.47. The molecule has 3 nitrogen and oxygen atoms in total. The summed E-state index contributed by atoms with van der Waals surface area (Å²) in [5, 5.41) is 9.29. The molecule has 4 heteroatoms. The van der Waals surface area contributed by atoms with Crippen LogP contribution in [0.5, 0.6) is 0 Å². The van der Waals surface area contributed by atoms with Crippen LogP contribution in [0.15, 0.2) is 23.2 Å². The lowest BCUT2D eigenvalue weighted by molar-refractivity contribution is 0.194. The van der Waals surface area contributed by atoms with Crippen molar-refractivity contribution in [1.29, 1.82) is 0 Å². The van der Waals surface area contributed by atoms with Gasteiger partial charge >= 0.3 is 0 Å². The second kappa shape index (κ2) is 6.10. The number of hydrogen-bond acceptors (Lipinski definition) is 4. The Morgan fingerprint density at radius 3 is 2.67 bits per heavy atom. The summed E-state index contributed by atoms with van der Waals surface area (Å²) in [5.74, 6) is 1.06. The fourth-order valence-corrected chi connectivity index (χ4v) is 2.05. The molecule has 1 aromatic heterocycles. The number of aliphatic hydroxyl groups is 1. The van der Waals surface area contributed by atoms with Crippen molar-refractivity contribution in [1.82, 2.24) is 9.88 Å². The van der Waals surface area contributed by atoms with E-state index in [2.05, 4.69) is 24.0 Å². The molecule has 0 aliphatic carbocycles. The average Bonchev–Trinajstić information content (AvgIpc) is 2.18. The van der Waals surface area contributed by atoms with Crippen molar-refractivity contribution in [2.75, 3.05) is 26.4 Å². The standard InChI is InChI=1S/C11H18N2OS/c1-9(14)11-5-4-10(8-12-11)15-7-6-13(2)3/h4-5,8-9,14H,6-7H2,1-3H3/t9-/m0/s1. The first kappa shape index (κ1) is 12.5. The second-order valence-electron chi connectivity index (χ2n) is 3.75. The SMILES string of the molecule is C[C@H](O)c1ccc(SCCN(C)C)cn1. The van der Waals surface area contributed by atoms with E-state index < -0.39 is 6.10 Å². The number of hydrogen-bond donors (Lipinski definition) is 1. The number of rotatable bonds is 5. The van der Waals surface area contributed by atoms with Crippen molar-refractivity contribution in [3.8, 4) is 0 Å². The molecule has 0 unspecified atom stereocenters. The Kier molecular flexibility index (Phi) is 5.08. The first-order valence-electron chi connectivity index (χ1n) is 5.01. The second-order valence-corrected chi connectivity index (χ2v) is 4.91. The van der Waals surface area contributed by atoms with Crippen LogP contribution in [0.1, 0.15) is 18.7 Å². The van der Waals surface area contributed by atoms with Crippen LogP contribution >= 0.6 is 11.8 Å². The predicted molar refractivity (Wildman–Crippen MR) is 64.1 cm³/mol. The molecular weight excluding hydrogens is 208 g/mol. The molecule has 0 aliphatic heterocycles. The Hall–Kier alpha value is -0.580. The van der Waals surface area contributed by atoms with Gasteiger partial charge in [0.15, 0.2) is 0 Å². The molecule has 1 N–H and O–H groups in total. The van der Waals surface area contributed by atoms with Crippen molar-refractivity contribution in [3.05, 3.63) is 24.0 Å². The van der Waals surface area contributed by atoms with Gasteiger partial charge in [0.05, 0.1) is 11.8 Å². The van der Waals surface area contributed by atoms with Crippen LogP contribution < -0.4 is 0 Å². The minimum absolute atomic E-state index is 0.481. The first-order chi connectivity index (χ1) is 7.09. The third kappa shape index (κ3) is 4.64. The maximum absolute atomic E-state index is 9.29. The highest BCUT2D eigenvalue weighted by Crippen LogP contribution is 2.18. The molecule has 0 fully saturated rings. The maximum atomic E-state index is 9.29. The molecule has 84 valence electrons. The molecule has 0 aliphatic rings. The summed E-state index contributed by atoms with van der Waals surface area (Å²) in [7, 11) is 4.13. The summed E-state index contributed by atoms with van der Waals surface area (Å²) >= 11 is 1.78. The number of nitrogens with zero attached hydrogens (tertiary/aromatic N) is 2. The molecule has 1 rings (SSSR count). The Balaban J connectivity index is 2.43. The van der Waals surface area contributed by atoms with Gasteiger partial charge in [-0.1, -0.05) is 0 Å². The Bertz CT molecular complexity index is 285. The minimum Gasteiger partial charge on any atom is -0.387 e. The molecule has 0 radical (unpaired) electrons. The van der Waals surface area contributed by atoms with E-state index >= 15 is 0 Å². The molecular formula is C11H18N2OS. The van der Waals surface area contributed by atoms with Crippen LogP contribution in [-0.4, -0.2) is 41.4 Å². The van der Waals surface area contributed by atoms with E-state index in [0.717, 1.165) is 22.9 Å². The smallest absolute Gasteiger partial charge is 0.0931 e. The Morgan fingerprint density at radius 1 is 1.47 bits per heavy atom. The van der Waals surface area contributed by atoms with E-state index in [1.165, 1.54) is 0 Å². The number of pyridine rings is 1.